The molecule has 2 saturated heterocycles. The lowest BCUT2D eigenvalue weighted by Crippen LogP contribution is -2.38. The summed E-state index contributed by atoms with van der Waals surface area (Å²) >= 11 is 3.55. The lowest BCUT2D eigenvalue weighted by atomic mass is 9.87. The Balaban J connectivity index is 0.00000192. The minimum absolute atomic E-state index is 0. The van der Waals surface area contributed by atoms with Gasteiger partial charge in [0, 0.05) is 31.2 Å². The Morgan fingerprint density at radius 1 is 1.39 bits per heavy atom. The van der Waals surface area contributed by atoms with Crippen molar-refractivity contribution in [3.05, 3.63) is 34.3 Å². The quantitative estimate of drug-likeness (QED) is 0.840. The first-order valence-corrected chi connectivity index (χ1v) is 8.78. The normalized spacial score (nSPS) is 23.9. The molecule has 6 heteroatoms. The molecule has 2 aliphatic rings. The van der Waals surface area contributed by atoms with Gasteiger partial charge in [-0.3, -0.25) is 9.69 Å². The lowest BCUT2D eigenvalue weighted by Gasteiger charge is -2.24. The highest BCUT2D eigenvalue weighted by Gasteiger charge is 2.40. The summed E-state index contributed by atoms with van der Waals surface area (Å²) in [6, 6.07) is 8.08. The molecule has 1 spiro atoms. The molecular weight excluding hydrogens is 378 g/mol. The van der Waals surface area contributed by atoms with Crippen LogP contribution in [0.1, 0.15) is 18.4 Å². The van der Waals surface area contributed by atoms with Crippen molar-refractivity contribution in [1.82, 2.24) is 15.1 Å². The smallest absolute Gasteiger partial charge is 0.236 e. The van der Waals surface area contributed by atoms with Gasteiger partial charge < -0.3 is 10.2 Å². The largest absolute Gasteiger partial charge is 0.340 e. The Hall–Kier alpha value is -0.620. The fraction of sp³-hybridized carbons (Fsp3) is 0.588. The van der Waals surface area contributed by atoms with Crippen LogP contribution >= 0.6 is 28.3 Å². The van der Waals surface area contributed by atoms with Crippen LogP contribution in [0.5, 0.6) is 0 Å². The molecule has 2 heterocycles. The molecule has 1 N–H and O–H groups in total. The number of halogens is 2. The first-order chi connectivity index (χ1) is 10.6. The summed E-state index contributed by atoms with van der Waals surface area (Å²) in [5.74, 6) is 0.207. The van der Waals surface area contributed by atoms with Gasteiger partial charge in [-0.1, -0.05) is 34.1 Å². The Labute approximate surface area is 153 Å². The summed E-state index contributed by atoms with van der Waals surface area (Å²) in [6.07, 6.45) is 2.48. The van der Waals surface area contributed by atoms with Gasteiger partial charge in [0.1, 0.15) is 0 Å². The fourth-order valence-electron chi connectivity index (χ4n) is 3.59. The first kappa shape index (κ1) is 18.7. The van der Waals surface area contributed by atoms with Gasteiger partial charge in [0.2, 0.25) is 5.91 Å². The van der Waals surface area contributed by atoms with Crippen molar-refractivity contribution >= 4 is 34.2 Å². The number of carbonyl (C=O) groups excluding carboxylic acids is 1. The van der Waals surface area contributed by atoms with E-state index in [1.807, 2.05) is 30.1 Å². The zero-order chi connectivity index (χ0) is 15.6. The summed E-state index contributed by atoms with van der Waals surface area (Å²) in [5, 5.41) is 3.46. The molecule has 0 radical (unpaired) electrons. The number of hydrogen-bond acceptors (Lipinski definition) is 3. The van der Waals surface area contributed by atoms with Crippen molar-refractivity contribution in [2.75, 3.05) is 39.8 Å². The van der Waals surface area contributed by atoms with Gasteiger partial charge in [0.15, 0.2) is 0 Å². The predicted molar refractivity (Wildman–Crippen MR) is 98.8 cm³/mol. The third-order valence-corrected chi connectivity index (χ3v) is 5.77. The minimum atomic E-state index is 0. The zero-order valence-electron chi connectivity index (χ0n) is 13.6. The number of rotatable bonds is 4. The summed E-state index contributed by atoms with van der Waals surface area (Å²) in [4.78, 5) is 16.6. The van der Waals surface area contributed by atoms with Gasteiger partial charge in [-0.2, -0.15) is 0 Å². The number of carbonyl (C=O) groups is 1. The molecule has 1 amide bonds. The van der Waals surface area contributed by atoms with E-state index in [2.05, 4.69) is 32.2 Å². The molecule has 0 aliphatic carbocycles. The average molecular weight is 403 g/mol. The van der Waals surface area contributed by atoms with E-state index in [0.29, 0.717) is 18.5 Å². The second kappa shape index (κ2) is 7.97. The molecule has 2 fully saturated rings. The molecule has 23 heavy (non-hydrogen) atoms. The predicted octanol–water partition coefficient (Wildman–Crippen LogP) is 2.51. The van der Waals surface area contributed by atoms with E-state index < -0.39 is 0 Å². The van der Waals surface area contributed by atoms with E-state index in [1.54, 1.807) is 0 Å². The van der Waals surface area contributed by atoms with E-state index in [-0.39, 0.29) is 18.3 Å². The Morgan fingerprint density at radius 2 is 2.17 bits per heavy atom. The number of amides is 1. The van der Waals surface area contributed by atoms with E-state index in [4.69, 9.17) is 0 Å². The summed E-state index contributed by atoms with van der Waals surface area (Å²) in [6.45, 7) is 5.56. The molecule has 1 aromatic rings. The molecule has 128 valence electrons. The maximum atomic E-state index is 12.5. The molecular formula is C17H25BrClN3O. The zero-order valence-corrected chi connectivity index (χ0v) is 16.0. The minimum Gasteiger partial charge on any atom is -0.340 e. The Morgan fingerprint density at radius 3 is 2.87 bits per heavy atom. The number of benzene rings is 1. The SMILES string of the molecule is CN(Cc1ccccc1Br)C(=O)CN1CCC2(CCNC2)C1.Cl. The standard InChI is InChI=1S/C17H24BrN3O.ClH/c1-20(10-14-4-2-3-5-15(14)18)16(22)11-21-9-7-17(13-21)6-8-19-12-17;/h2-5,19H,6-13H2,1H3;1H. The van der Waals surface area contributed by atoms with E-state index >= 15 is 0 Å². The van der Waals surface area contributed by atoms with Crippen molar-refractivity contribution in [2.24, 2.45) is 5.41 Å². The lowest BCUT2D eigenvalue weighted by molar-refractivity contribution is -0.131. The van der Waals surface area contributed by atoms with Crippen LogP contribution in [0.4, 0.5) is 0 Å². The van der Waals surface area contributed by atoms with Crippen molar-refractivity contribution < 1.29 is 4.79 Å². The highest BCUT2D eigenvalue weighted by Crippen LogP contribution is 2.35. The molecule has 1 atom stereocenters. The third kappa shape index (κ3) is 4.47. The van der Waals surface area contributed by atoms with Gasteiger partial charge in [-0.15, -0.1) is 12.4 Å². The molecule has 1 unspecified atom stereocenters. The van der Waals surface area contributed by atoms with Crippen molar-refractivity contribution in [2.45, 2.75) is 19.4 Å². The molecule has 3 rings (SSSR count). The van der Waals surface area contributed by atoms with Crippen molar-refractivity contribution in [3.8, 4) is 0 Å². The monoisotopic (exact) mass is 401 g/mol. The third-order valence-electron chi connectivity index (χ3n) is 5.00. The maximum absolute atomic E-state index is 12.5. The number of hydrogen-bond donors (Lipinski definition) is 1. The highest BCUT2D eigenvalue weighted by molar-refractivity contribution is 9.10. The maximum Gasteiger partial charge on any atom is 0.236 e. The van der Waals surface area contributed by atoms with Crippen LogP contribution < -0.4 is 5.32 Å². The molecule has 0 saturated carbocycles. The fourth-order valence-corrected chi connectivity index (χ4v) is 4.00. The number of nitrogens with one attached hydrogen (secondary N) is 1. The van der Waals surface area contributed by atoms with Crippen LogP contribution in [0, 0.1) is 5.41 Å². The number of nitrogens with zero attached hydrogens (tertiary/aromatic N) is 2. The Kier molecular flexibility index (Phi) is 6.48. The van der Waals surface area contributed by atoms with Gasteiger partial charge in [0.25, 0.3) is 0 Å². The molecule has 0 bridgehead atoms. The summed E-state index contributed by atoms with van der Waals surface area (Å²) < 4.78 is 1.06. The number of likely N-dealkylation sites (tertiary alicyclic amines) is 1. The van der Waals surface area contributed by atoms with E-state index in [0.717, 1.165) is 36.2 Å². The van der Waals surface area contributed by atoms with E-state index in [1.165, 1.54) is 12.8 Å². The van der Waals surface area contributed by atoms with Gasteiger partial charge in [0.05, 0.1) is 6.54 Å². The van der Waals surface area contributed by atoms with Crippen LogP contribution in [-0.2, 0) is 11.3 Å². The Bertz CT molecular complexity index is 548. The van der Waals surface area contributed by atoms with Crippen molar-refractivity contribution in [3.63, 3.8) is 0 Å². The van der Waals surface area contributed by atoms with Crippen molar-refractivity contribution in [1.29, 1.82) is 0 Å². The number of likely N-dealkylation sites (N-methyl/N-ethyl adjacent to an activating group) is 1. The van der Waals surface area contributed by atoms with Crippen LogP contribution in [-0.4, -0.2) is 55.5 Å². The molecule has 1 aromatic carbocycles. The summed E-state index contributed by atoms with van der Waals surface area (Å²) in [5.41, 5.74) is 1.58. The second-order valence-corrected chi connectivity index (χ2v) is 7.58. The molecule has 4 nitrogen and oxygen atoms in total. The topological polar surface area (TPSA) is 35.6 Å². The molecule has 0 aromatic heterocycles. The van der Waals surface area contributed by atoms with Crippen LogP contribution in [0.3, 0.4) is 0 Å². The summed E-state index contributed by atoms with van der Waals surface area (Å²) in [7, 11) is 1.89. The van der Waals surface area contributed by atoms with Crippen LogP contribution in [0.15, 0.2) is 28.7 Å². The van der Waals surface area contributed by atoms with Crippen LogP contribution in [0.2, 0.25) is 0 Å². The molecule has 2 aliphatic heterocycles. The van der Waals surface area contributed by atoms with E-state index in [9.17, 15) is 4.79 Å². The highest BCUT2D eigenvalue weighted by atomic mass is 79.9. The average Bonchev–Trinajstić information content (AvgIpc) is 3.12. The van der Waals surface area contributed by atoms with Gasteiger partial charge in [-0.05, 0) is 43.0 Å². The van der Waals surface area contributed by atoms with Gasteiger partial charge >= 0.3 is 0 Å². The second-order valence-electron chi connectivity index (χ2n) is 6.73. The van der Waals surface area contributed by atoms with Gasteiger partial charge in [-0.25, -0.2) is 0 Å². The first-order valence-electron chi connectivity index (χ1n) is 7.98. The van der Waals surface area contributed by atoms with Crippen LogP contribution in [0.25, 0.3) is 0 Å².